The van der Waals surface area contributed by atoms with E-state index in [2.05, 4.69) is 57.9 Å². The zero-order chi connectivity index (χ0) is 15.3. The normalized spacial score (nSPS) is 31.5. The fourth-order valence-electron chi connectivity index (χ4n) is 4.19. The molecule has 2 aliphatic rings. The summed E-state index contributed by atoms with van der Waals surface area (Å²) in [4.78, 5) is 17.3. The monoisotopic (exact) mass is 278 g/mol. The van der Waals surface area contributed by atoms with Gasteiger partial charge in [-0.2, -0.15) is 0 Å². The van der Waals surface area contributed by atoms with Gasteiger partial charge in [-0.3, -0.25) is 0 Å². The first-order valence-corrected chi connectivity index (χ1v) is 7.83. The van der Waals surface area contributed by atoms with Crippen LogP contribution in [0.4, 0.5) is 4.79 Å². The minimum Gasteiger partial charge on any atom is -0.314 e. The van der Waals surface area contributed by atoms with Gasteiger partial charge in [-0.15, -0.1) is 6.58 Å². The van der Waals surface area contributed by atoms with Gasteiger partial charge in [0.2, 0.25) is 0 Å². The van der Waals surface area contributed by atoms with E-state index in [0.29, 0.717) is 0 Å². The maximum Gasteiger partial charge on any atom is 0.322 e. The Balaban J connectivity index is 2.58. The van der Waals surface area contributed by atoms with Crippen LogP contribution in [-0.4, -0.2) is 38.5 Å². The van der Waals surface area contributed by atoms with Crippen LogP contribution in [0.5, 0.6) is 0 Å². The highest BCUT2D eigenvalue weighted by Crippen LogP contribution is 2.49. The molecular weight excluding hydrogens is 248 g/mol. The summed E-state index contributed by atoms with van der Waals surface area (Å²) in [5, 5.41) is 0. The van der Waals surface area contributed by atoms with Crippen LogP contribution in [0.1, 0.15) is 67.2 Å². The van der Waals surface area contributed by atoms with Crippen molar-refractivity contribution < 1.29 is 4.79 Å². The number of amides is 2. The molecule has 0 aromatic carbocycles. The highest BCUT2D eigenvalue weighted by Gasteiger charge is 2.60. The van der Waals surface area contributed by atoms with Gasteiger partial charge in [0, 0.05) is 11.1 Å². The second-order valence-electron chi connectivity index (χ2n) is 8.29. The minimum atomic E-state index is -0.194. The number of fused-ring (bicyclic) bond motifs is 1. The molecule has 1 heterocycles. The molecule has 2 fully saturated rings. The molecule has 3 heteroatoms. The fourth-order valence-corrected chi connectivity index (χ4v) is 4.19. The van der Waals surface area contributed by atoms with Crippen LogP contribution in [0.3, 0.4) is 0 Å². The van der Waals surface area contributed by atoms with Crippen molar-refractivity contribution in [3.05, 3.63) is 12.7 Å². The van der Waals surface area contributed by atoms with Crippen LogP contribution in [-0.2, 0) is 0 Å². The summed E-state index contributed by atoms with van der Waals surface area (Å²) in [7, 11) is 0. The first-order valence-electron chi connectivity index (χ1n) is 7.83. The summed E-state index contributed by atoms with van der Waals surface area (Å²) in [6, 6.07) is 0.442. The smallest absolute Gasteiger partial charge is 0.314 e. The molecule has 2 atom stereocenters. The van der Waals surface area contributed by atoms with Gasteiger partial charge in [0.15, 0.2) is 0 Å². The van der Waals surface area contributed by atoms with Crippen molar-refractivity contribution in [2.24, 2.45) is 0 Å². The van der Waals surface area contributed by atoms with Gasteiger partial charge < -0.3 is 9.80 Å². The molecule has 114 valence electrons. The summed E-state index contributed by atoms with van der Waals surface area (Å²) >= 11 is 0. The lowest BCUT2D eigenvalue weighted by Gasteiger charge is -2.48. The van der Waals surface area contributed by atoms with E-state index in [9.17, 15) is 4.79 Å². The Hall–Kier alpha value is -0.990. The van der Waals surface area contributed by atoms with Crippen molar-refractivity contribution in [2.45, 2.75) is 89.9 Å². The Morgan fingerprint density at radius 2 is 1.75 bits per heavy atom. The number of hydrogen-bond donors (Lipinski definition) is 0. The van der Waals surface area contributed by atoms with Crippen molar-refractivity contribution in [1.29, 1.82) is 0 Å². The Labute approximate surface area is 124 Å². The molecule has 1 saturated carbocycles. The summed E-state index contributed by atoms with van der Waals surface area (Å²) in [5.41, 5.74) is -0.519. The van der Waals surface area contributed by atoms with Gasteiger partial charge in [0.05, 0.1) is 11.6 Å². The molecule has 0 spiro atoms. The Bertz CT molecular complexity index is 416. The highest BCUT2D eigenvalue weighted by atomic mass is 16.2. The molecule has 3 nitrogen and oxygen atoms in total. The maximum atomic E-state index is 13.1. The van der Waals surface area contributed by atoms with E-state index in [-0.39, 0.29) is 28.7 Å². The number of rotatable bonds is 1. The number of nitrogens with zero attached hydrogens (tertiary/aromatic N) is 2. The molecule has 1 aliphatic heterocycles. The van der Waals surface area contributed by atoms with Crippen LogP contribution in [0.2, 0.25) is 0 Å². The van der Waals surface area contributed by atoms with E-state index in [1.807, 2.05) is 6.08 Å². The quantitative estimate of drug-likeness (QED) is 0.660. The van der Waals surface area contributed by atoms with Gasteiger partial charge >= 0.3 is 6.03 Å². The molecular formula is C17H30N2O. The Morgan fingerprint density at radius 1 is 1.15 bits per heavy atom. The van der Waals surface area contributed by atoms with Crippen molar-refractivity contribution in [2.75, 3.05) is 0 Å². The lowest BCUT2D eigenvalue weighted by Crippen LogP contribution is -2.58. The average Bonchev–Trinajstić information content (AvgIpc) is 2.56. The fraction of sp³-hybridized carbons (Fsp3) is 0.824. The average molecular weight is 278 g/mol. The molecule has 0 radical (unpaired) electrons. The topological polar surface area (TPSA) is 23.6 Å². The molecule has 2 rings (SSSR count). The molecule has 20 heavy (non-hydrogen) atoms. The third-order valence-electron chi connectivity index (χ3n) is 4.75. The lowest BCUT2D eigenvalue weighted by molar-refractivity contribution is 0.0634. The van der Waals surface area contributed by atoms with Gasteiger partial charge in [-0.1, -0.05) is 18.9 Å². The Kier molecular flexibility index (Phi) is 3.47. The van der Waals surface area contributed by atoms with Crippen LogP contribution < -0.4 is 0 Å². The van der Waals surface area contributed by atoms with Crippen LogP contribution in [0.25, 0.3) is 0 Å². The van der Waals surface area contributed by atoms with Gasteiger partial charge in [0.1, 0.15) is 0 Å². The minimum absolute atomic E-state index is 0.145. The second kappa shape index (κ2) is 4.51. The third kappa shape index (κ3) is 2.06. The Morgan fingerprint density at radius 3 is 2.20 bits per heavy atom. The van der Waals surface area contributed by atoms with E-state index in [4.69, 9.17) is 0 Å². The number of urea groups is 1. The summed E-state index contributed by atoms with van der Waals surface area (Å²) in [6.45, 7) is 16.9. The molecule has 0 bridgehead atoms. The standard InChI is InChI=1S/C17H30N2O/c1-8-17-12-10-9-11-13(17)18(15(2,3)4)14(20)19(17)16(5,6)7/h8,13H,1,9-12H2,2-7H3/t13-,17+/m1/s1. The zero-order valence-corrected chi connectivity index (χ0v) is 14.0. The van der Waals surface area contributed by atoms with E-state index in [1.54, 1.807) is 0 Å². The van der Waals surface area contributed by atoms with Crippen LogP contribution in [0, 0.1) is 0 Å². The van der Waals surface area contributed by atoms with Gasteiger partial charge in [-0.05, 0) is 54.4 Å². The first-order chi connectivity index (χ1) is 9.05. The molecule has 0 aromatic rings. The summed E-state index contributed by atoms with van der Waals surface area (Å²) < 4.78 is 0. The molecule has 0 unspecified atom stereocenters. The summed E-state index contributed by atoms with van der Waals surface area (Å²) in [5.74, 6) is 0. The van der Waals surface area contributed by atoms with E-state index >= 15 is 0 Å². The largest absolute Gasteiger partial charge is 0.322 e. The molecule has 1 saturated heterocycles. The predicted molar refractivity (Wildman–Crippen MR) is 83.8 cm³/mol. The first kappa shape index (κ1) is 15.4. The third-order valence-corrected chi connectivity index (χ3v) is 4.75. The highest BCUT2D eigenvalue weighted by molar-refractivity contribution is 5.81. The lowest BCUT2D eigenvalue weighted by atomic mass is 9.75. The van der Waals surface area contributed by atoms with Gasteiger partial charge in [-0.25, -0.2) is 4.79 Å². The van der Waals surface area contributed by atoms with E-state index < -0.39 is 0 Å². The zero-order valence-electron chi connectivity index (χ0n) is 14.0. The van der Waals surface area contributed by atoms with Crippen LogP contribution in [0.15, 0.2) is 12.7 Å². The molecule has 2 amide bonds. The second-order valence-corrected chi connectivity index (χ2v) is 8.29. The molecule has 1 aliphatic carbocycles. The van der Waals surface area contributed by atoms with Crippen molar-refractivity contribution in [3.8, 4) is 0 Å². The number of hydrogen-bond acceptors (Lipinski definition) is 1. The van der Waals surface area contributed by atoms with Crippen molar-refractivity contribution in [1.82, 2.24) is 9.80 Å². The van der Waals surface area contributed by atoms with Gasteiger partial charge in [0.25, 0.3) is 0 Å². The predicted octanol–water partition coefficient (Wildman–Crippen LogP) is 4.19. The number of carbonyl (C=O) groups is 1. The SMILES string of the molecule is C=C[C@]12CCCC[C@H]1N(C(C)(C)C)C(=O)N2C(C)(C)C. The van der Waals surface area contributed by atoms with Crippen LogP contribution >= 0.6 is 0 Å². The molecule has 0 N–H and O–H groups in total. The summed E-state index contributed by atoms with van der Waals surface area (Å²) in [6.07, 6.45) is 6.56. The van der Waals surface area contributed by atoms with E-state index in [1.165, 1.54) is 12.8 Å². The van der Waals surface area contributed by atoms with E-state index in [0.717, 1.165) is 12.8 Å². The maximum absolute atomic E-state index is 13.1. The van der Waals surface area contributed by atoms with Crippen molar-refractivity contribution >= 4 is 6.03 Å². The van der Waals surface area contributed by atoms with Crippen molar-refractivity contribution in [3.63, 3.8) is 0 Å². The number of carbonyl (C=O) groups excluding carboxylic acids is 1. The molecule has 0 aromatic heterocycles.